The lowest BCUT2D eigenvalue weighted by molar-refractivity contribution is -0.116. The highest BCUT2D eigenvalue weighted by Crippen LogP contribution is 2.23. The molecule has 3 aromatic rings. The van der Waals surface area contributed by atoms with Crippen molar-refractivity contribution in [1.82, 2.24) is 15.0 Å². The first-order chi connectivity index (χ1) is 12.2. The van der Waals surface area contributed by atoms with E-state index in [-0.39, 0.29) is 24.4 Å². The molecule has 0 radical (unpaired) electrons. The molecule has 0 aliphatic heterocycles. The zero-order chi connectivity index (χ0) is 17.6. The number of aryl methyl sites for hydroxylation is 1. The van der Waals surface area contributed by atoms with E-state index < -0.39 is 0 Å². The van der Waals surface area contributed by atoms with Gasteiger partial charge in [-0.2, -0.15) is 0 Å². The Morgan fingerprint density at radius 1 is 1.16 bits per heavy atom. The Balaban J connectivity index is 1.69. The lowest BCUT2D eigenvalue weighted by Gasteiger charge is -2.11. The Morgan fingerprint density at radius 3 is 2.76 bits per heavy atom. The van der Waals surface area contributed by atoms with Gasteiger partial charge in [-0.1, -0.05) is 29.5 Å². The monoisotopic (exact) mass is 338 g/mol. The first-order valence-electron chi connectivity index (χ1n) is 8.03. The van der Waals surface area contributed by atoms with Crippen LogP contribution >= 0.6 is 0 Å². The van der Waals surface area contributed by atoms with Crippen LogP contribution in [0.5, 0.6) is 5.75 Å². The number of hydrogen-bond acceptors (Lipinski definition) is 5. The molecule has 128 valence electrons. The molecule has 1 N–H and O–H groups in total. The zero-order valence-electron chi connectivity index (χ0n) is 13.8. The van der Waals surface area contributed by atoms with Crippen LogP contribution in [0.15, 0.2) is 53.3 Å². The van der Waals surface area contributed by atoms with E-state index in [9.17, 15) is 9.59 Å². The predicted octanol–water partition coefficient (Wildman–Crippen LogP) is 2.22. The molecule has 0 aliphatic rings. The van der Waals surface area contributed by atoms with E-state index in [0.29, 0.717) is 28.9 Å². The molecule has 0 unspecified atom stereocenters. The van der Waals surface area contributed by atoms with E-state index in [1.54, 1.807) is 36.4 Å². The number of para-hydroxylation sites is 2. The van der Waals surface area contributed by atoms with Crippen LogP contribution in [-0.4, -0.2) is 27.5 Å². The van der Waals surface area contributed by atoms with Crippen LogP contribution in [0, 0.1) is 0 Å². The number of benzene rings is 2. The summed E-state index contributed by atoms with van der Waals surface area (Å²) in [5.41, 5.74) is 0.887. The zero-order valence-corrected chi connectivity index (χ0v) is 13.8. The molecule has 0 saturated heterocycles. The lowest BCUT2D eigenvalue weighted by Crippen LogP contribution is -2.26. The highest BCUT2D eigenvalue weighted by molar-refractivity contribution is 5.92. The number of carbonyl (C=O) groups excluding carboxylic acids is 1. The van der Waals surface area contributed by atoms with Crippen LogP contribution in [0.4, 0.5) is 5.69 Å². The minimum Gasteiger partial charge on any atom is -0.492 e. The molecule has 1 heterocycles. The van der Waals surface area contributed by atoms with Crippen molar-refractivity contribution in [2.24, 2.45) is 0 Å². The number of hydrogen-bond donors (Lipinski definition) is 1. The number of carbonyl (C=O) groups is 1. The van der Waals surface area contributed by atoms with Gasteiger partial charge in [-0.25, -0.2) is 4.68 Å². The number of aromatic nitrogens is 3. The summed E-state index contributed by atoms with van der Waals surface area (Å²) in [4.78, 5) is 24.5. The summed E-state index contributed by atoms with van der Waals surface area (Å²) in [5.74, 6) is 0.384. The smallest absolute Gasteiger partial charge is 0.277 e. The molecular formula is C18H18N4O3. The van der Waals surface area contributed by atoms with Crippen LogP contribution in [0.25, 0.3) is 10.9 Å². The van der Waals surface area contributed by atoms with Crippen molar-refractivity contribution in [3.63, 3.8) is 0 Å². The van der Waals surface area contributed by atoms with Gasteiger partial charge in [0.25, 0.3) is 5.56 Å². The summed E-state index contributed by atoms with van der Waals surface area (Å²) >= 11 is 0. The first-order valence-corrected chi connectivity index (χ1v) is 8.03. The van der Waals surface area contributed by atoms with Crippen LogP contribution in [-0.2, 0) is 11.3 Å². The molecule has 0 saturated carbocycles. The van der Waals surface area contributed by atoms with Crippen LogP contribution in [0.1, 0.15) is 13.3 Å². The molecule has 1 aromatic heterocycles. The van der Waals surface area contributed by atoms with Gasteiger partial charge in [0.2, 0.25) is 5.91 Å². The van der Waals surface area contributed by atoms with Gasteiger partial charge in [-0.05, 0) is 31.2 Å². The summed E-state index contributed by atoms with van der Waals surface area (Å²) in [6.07, 6.45) is 0.105. The third-order valence-corrected chi connectivity index (χ3v) is 3.64. The number of ether oxygens (including phenoxy) is 1. The molecule has 0 fully saturated rings. The van der Waals surface area contributed by atoms with Crippen molar-refractivity contribution in [2.45, 2.75) is 19.9 Å². The normalized spacial score (nSPS) is 10.6. The lowest BCUT2D eigenvalue weighted by atomic mass is 10.2. The van der Waals surface area contributed by atoms with Gasteiger partial charge in [-0.3, -0.25) is 9.59 Å². The Morgan fingerprint density at radius 2 is 1.92 bits per heavy atom. The molecule has 3 rings (SSSR count). The maximum absolute atomic E-state index is 12.3. The van der Waals surface area contributed by atoms with Gasteiger partial charge < -0.3 is 10.1 Å². The van der Waals surface area contributed by atoms with E-state index in [4.69, 9.17) is 4.74 Å². The molecule has 1 amide bonds. The SMILES string of the molecule is CCOc1ccccc1NC(=O)CCn1nnc2ccccc2c1=O. The molecule has 0 atom stereocenters. The summed E-state index contributed by atoms with van der Waals surface area (Å²) in [6.45, 7) is 2.54. The number of nitrogens with zero attached hydrogens (tertiary/aromatic N) is 3. The first kappa shape index (κ1) is 16.6. The highest BCUT2D eigenvalue weighted by Gasteiger charge is 2.10. The number of amides is 1. The molecule has 2 aromatic carbocycles. The fourth-order valence-corrected chi connectivity index (χ4v) is 2.44. The summed E-state index contributed by atoms with van der Waals surface area (Å²) < 4.78 is 6.68. The maximum Gasteiger partial charge on any atom is 0.277 e. The molecule has 25 heavy (non-hydrogen) atoms. The Hall–Kier alpha value is -3.22. The fourth-order valence-electron chi connectivity index (χ4n) is 2.44. The van der Waals surface area contributed by atoms with Gasteiger partial charge >= 0.3 is 0 Å². The largest absolute Gasteiger partial charge is 0.492 e. The minimum absolute atomic E-state index is 0.105. The van der Waals surface area contributed by atoms with Crippen molar-refractivity contribution < 1.29 is 9.53 Å². The van der Waals surface area contributed by atoms with Crippen molar-refractivity contribution >= 4 is 22.5 Å². The van der Waals surface area contributed by atoms with Crippen molar-refractivity contribution in [1.29, 1.82) is 0 Å². The molecule has 7 nitrogen and oxygen atoms in total. The van der Waals surface area contributed by atoms with E-state index in [2.05, 4.69) is 15.6 Å². The minimum atomic E-state index is -0.256. The second kappa shape index (κ2) is 7.57. The quantitative estimate of drug-likeness (QED) is 0.745. The third-order valence-electron chi connectivity index (χ3n) is 3.64. The molecular weight excluding hydrogens is 320 g/mol. The summed E-state index contributed by atoms with van der Waals surface area (Å²) in [7, 11) is 0. The number of rotatable bonds is 6. The van der Waals surface area contributed by atoms with Gasteiger partial charge in [0, 0.05) is 6.42 Å². The Labute approximate surface area is 144 Å². The average Bonchev–Trinajstić information content (AvgIpc) is 2.63. The second-order valence-electron chi connectivity index (χ2n) is 5.36. The Bertz CT molecular complexity index is 952. The average molecular weight is 338 g/mol. The predicted molar refractivity (Wildman–Crippen MR) is 94.7 cm³/mol. The summed E-state index contributed by atoms with van der Waals surface area (Å²) in [6, 6.07) is 14.2. The molecule has 0 aliphatic carbocycles. The van der Waals surface area contributed by atoms with E-state index >= 15 is 0 Å². The van der Waals surface area contributed by atoms with Crippen LogP contribution < -0.4 is 15.6 Å². The van der Waals surface area contributed by atoms with Gasteiger partial charge in [-0.15, -0.1) is 5.10 Å². The Kier molecular flexibility index (Phi) is 5.03. The van der Waals surface area contributed by atoms with Gasteiger partial charge in [0.15, 0.2) is 0 Å². The highest BCUT2D eigenvalue weighted by atomic mass is 16.5. The van der Waals surface area contributed by atoms with Crippen molar-refractivity contribution in [3.8, 4) is 5.75 Å². The van der Waals surface area contributed by atoms with Crippen LogP contribution in [0.3, 0.4) is 0 Å². The van der Waals surface area contributed by atoms with Crippen molar-refractivity contribution in [2.75, 3.05) is 11.9 Å². The van der Waals surface area contributed by atoms with Crippen molar-refractivity contribution in [3.05, 3.63) is 58.9 Å². The topological polar surface area (TPSA) is 86.1 Å². The molecule has 0 spiro atoms. The number of nitrogens with one attached hydrogen (secondary N) is 1. The number of anilines is 1. The maximum atomic E-state index is 12.3. The summed E-state index contributed by atoms with van der Waals surface area (Å²) in [5, 5.41) is 11.2. The van der Waals surface area contributed by atoms with E-state index in [0.717, 1.165) is 0 Å². The second-order valence-corrected chi connectivity index (χ2v) is 5.36. The number of fused-ring (bicyclic) bond motifs is 1. The van der Waals surface area contributed by atoms with Crippen LogP contribution in [0.2, 0.25) is 0 Å². The third kappa shape index (κ3) is 3.82. The molecule has 0 bridgehead atoms. The fraction of sp³-hybridized carbons (Fsp3) is 0.222. The molecule has 7 heteroatoms. The van der Waals surface area contributed by atoms with E-state index in [1.165, 1.54) is 4.68 Å². The van der Waals surface area contributed by atoms with Gasteiger partial charge in [0.05, 0.1) is 24.2 Å². The standard InChI is InChI=1S/C18H18N4O3/c1-2-25-16-10-6-5-9-15(16)19-17(23)11-12-22-18(24)13-7-3-4-8-14(13)20-21-22/h3-10H,2,11-12H2,1H3,(H,19,23). The van der Waals surface area contributed by atoms with Gasteiger partial charge in [0.1, 0.15) is 11.3 Å². The van der Waals surface area contributed by atoms with E-state index in [1.807, 2.05) is 19.1 Å².